The molecule has 0 bridgehead atoms. The molecule has 0 unspecified atom stereocenters. The molecule has 0 saturated carbocycles. The van der Waals surface area contributed by atoms with Crippen molar-refractivity contribution in [2.45, 2.75) is 32.0 Å². The first-order valence-corrected chi connectivity index (χ1v) is 10.3. The smallest absolute Gasteiger partial charge is 0.251 e. The number of nitrogens with one attached hydrogen (secondary N) is 1. The lowest BCUT2D eigenvalue weighted by Crippen LogP contribution is -2.43. The summed E-state index contributed by atoms with van der Waals surface area (Å²) in [6.45, 7) is 4.60. The van der Waals surface area contributed by atoms with E-state index in [9.17, 15) is 4.79 Å². The lowest BCUT2D eigenvalue weighted by molar-refractivity contribution is 0.191. The Hall–Kier alpha value is -1.96. The number of aromatic nitrogens is 2. The second kappa shape index (κ2) is 8.38. The number of nitrogens with zero attached hydrogens (tertiary/aromatic N) is 3. The molecule has 0 spiro atoms. The van der Waals surface area contributed by atoms with Crippen LogP contribution in [0.25, 0.3) is 11.0 Å². The number of hydrogen-bond acceptors (Lipinski definition) is 5. The van der Waals surface area contributed by atoms with Crippen LogP contribution in [0.3, 0.4) is 0 Å². The molecule has 1 N–H and O–H groups in total. The number of pyridine rings is 2. The second-order valence-corrected chi connectivity index (χ2v) is 8.07. The SMILES string of the molecule is [B]c1csc(CNC2CCN(CCn3c(=O)ccc4ncccc43)CC2)c1. The number of fused-ring (bicyclic) bond motifs is 1. The van der Waals surface area contributed by atoms with E-state index in [4.69, 9.17) is 7.85 Å². The zero-order chi connectivity index (χ0) is 18.6. The fourth-order valence-corrected chi connectivity index (χ4v) is 4.42. The van der Waals surface area contributed by atoms with Gasteiger partial charge in [-0.3, -0.25) is 9.78 Å². The van der Waals surface area contributed by atoms with Gasteiger partial charge in [0.25, 0.3) is 5.56 Å². The molecule has 3 aromatic rings. The van der Waals surface area contributed by atoms with Crippen molar-refractivity contribution < 1.29 is 0 Å². The van der Waals surface area contributed by atoms with Crippen molar-refractivity contribution in [1.29, 1.82) is 0 Å². The van der Waals surface area contributed by atoms with E-state index >= 15 is 0 Å². The van der Waals surface area contributed by atoms with Gasteiger partial charge < -0.3 is 14.8 Å². The maximum absolute atomic E-state index is 12.3. The Morgan fingerprint density at radius 1 is 1.22 bits per heavy atom. The topological polar surface area (TPSA) is 50.2 Å². The van der Waals surface area contributed by atoms with Gasteiger partial charge in [-0.05, 0) is 49.5 Å². The van der Waals surface area contributed by atoms with E-state index in [0.717, 1.165) is 55.5 Å². The maximum Gasteiger partial charge on any atom is 0.251 e. The molecule has 1 fully saturated rings. The Balaban J connectivity index is 1.29. The molecule has 4 rings (SSSR count). The summed E-state index contributed by atoms with van der Waals surface area (Å²) < 4.78 is 1.84. The summed E-state index contributed by atoms with van der Waals surface area (Å²) in [5.41, 5.74) is 2.68. The molecule has 138 valence electrons. The van der Waals surface area contributed by atoms with Crippen LogP contribution in [-0.2, 0) is 13.1 Å². The number of hydrogen-bond donors (Lipinski definition) is 1. The lowest BCUT2D eigenvalue weighted by Gasteiger charge is -2.32. The normalized spacial score (nSPS) is 16.1. The first-order chi connectivity index (χ1) is 13.2. The van der Waals surface area contributed by atoms with Crippen LogP contribution in [0.2, 0.25) is 0 Å². The Labute approximate surface area is 164 Å². The van der Waals surface area contributed by atoms with Gasteiger partial charge in [-0.25, -0.2) is 0 Å². The van der Waals surface area contributed by atoms with Gasteiger partial charge in [0.05, 0.1) is 11.0 Å². The Morgan fingerprint density at radius 2 is 2.07 bits per heavy atom. The van der Waals surface area contributed by atoms with Crippen molar-refractivity contribution in [1.82, 2.24) is 19.8 Å². The van der Waals surface area contributed by atoms with E-state index in [0.29, 0.717) is 12.6 Å². The molecule has 7 heteroatoms. The van der Waals surface area contributed by atoms with Crippen LogP contribution >= 0.6 is 11.3 Å². The zero-order valence-corrected chi connectivity index (χ0v) is 16.1. The Kier molecular flexibility index (Phi) is 5.71. The van der Waals surface area contributed by atoms with Crippen molar-refractivity contribution in [2.75, 3.05) is 19.6 Å². The molecule has 2 radical (unpaired) electrons. The van der Waals surface area contributed by atoms with Crippen molar-refractivity contribution in [3.8, 4) is 0 Å². The highest BCUT2D eigenvalue weighted by Gasteiger charge is 2.19. The van der Waals surface area contributed by atoms with Gasteiger partial charge in [-0.2, -0.15) is 0 Å². The number of piperidine rings is 1. The molecule has 27 heavy (non-hydrogen) atoms. The summed E-state index contributed by atoms with van der Waals surface area (Å²) >= 11 is 1.71. The van der Waals surface area contributed by atoms with Gasteiger partial charge in [0.1, 0.15) is 7.85 Å². The monoisotopic (exact) mass is 378 g/mol. The van der Waals surface area contributed by atoms with Crippen LogP contribution in [-0.4, -0.2) is 48.0 Å². The van der Waals surface area contributed by atoms with Gasteiger partial charge in [-0.15, -0.1) is 11.3 Å². The van der Waals surface area contributed by atoms with Crippen LogP contribution in [0.15, 0.2) is 46.7 Å². The average molecular weight is 378 g/mol. The first-order valence-electron chi connectivity index (χ1n) is 9.42. The highest BCUT2D eigenvalue weighted by atomic mass is 32.1. The predicted octanol–water partition coefficient (Wildman–Crippen LogP) is 1.51. The summed E-state index contributed by atoms with van der Waals surface area (Å²) in [7, 11) is 5.78. The third kappa shape index (κ3) is 4.48. The fourth-order valence-electron chi connectivity index (χ4n) is 3.69. The molecule has 1 saturated heterocycles. The molecular weight excluding hydrogens is 355 g/mol. The van der Waals surface area contributed by atoms with Crippen molar-refractivity contribution in [2.24, 2.45) is 0 Å². The maximum atomic E-state index is 12.3. The molecule has 4 heterocycles. The van der Waals surface area contributed by atoms with E-state index in [1.807, 2.05) is 28.1 Å². The van der Waals surface area contributed by atoms with E-state index in [1.54, 1.807) is 29.7 Å². The highest BCUT2D eigenvalue weighted by molar-refractivity contribution is 7.10. The van der Waals surface area contributed by atoms with E-state index in [-0.39, 0.29) is 5.56 Å². The van der Waals surface area contributed by atoms with Crippen LogP contribution in [0.1, 0.15) is 17.7 Å². The van der Waals surface area contributed by atoms with Gasteiger partial charge in [-0.1, -0.05) is 11.5 Å². The summed E-state index contributed by atoms with van der Waals surface area (Å²) in [5.74, 6) is 0. The quantitative estimate of drug-likeness (QED) is 0.661. The van der Waals surface area contributed by atoms with Gasteiger partial charge in [0.2, 0.25) is 0 Å². The predicted molar refractivity (Wildman–Crippen MR) is 112 cm³/mol. The largest absolute Gasteiger partial charge is 0.309 e. The Bertz CT molecular complexity index is 962. The van der Waals surface area contributed by atoms with Crippen LogP contribution in [0.4, 0.5) is 0 Å². The standard InChI is InChI=1S/C20H23BN4OS/c21-15-12-17(27-14-15)13-23-16-5-8-24(9-6-16)10-11-25-19-2-1-7-22-18(19)3-4-20(25)26/h1-4,7,12,14,16,23H,5-6,8-11,13H2. The van der Waals surface area contributed by atoms with Crippen LogP contribution in [0, 0.1) is 0 Å². The van der Waals surface area contributed by atoms with Crippen molar-refractivity contribution >= 4 is 35.7 Å². The summed E-state index contributed by atoms with van der Waals surface area (Å²) in [6.07, 6.45) is 4.03. The molecule has 0 atom stereocenters. The number of thiophene rings is 1. The molecule has 1 aliphatic heterocycles. The fraction of sp³-hybridized carbons (Fsp3) is 0.400. The second-order valence-electron chi connectivity index (χ2n) is 7.07. The zero-order valence-electron chi connectivity index (χ0n) is 15.3. The molecule has 0 aliphatic carbocycles. The Morgan fingerprint density at radius 3 is 2.85 bits per heavy atom. The van der Waals surface area contributed by atoms with Crippen LogP contribution in [0.5, 0.6) is 0 Å². The van der Waals surface area contributed by atoms with Crippen LogP contribution < -0.4 is 16.3 Å². The minimum atomic E-state index is 0.0438. The van der Waals surface area contributed by atoms with E-state index in [2.05, 4.69) is 15.2 Å². The average Bonchev–Trinajstić information content (AvgIpc) is 3.12. The molecule has 0 aromatic carbocycles. The van der Waals surface area contributed by atoms with Gasteiger partial charge in [0.15, 0.2) is 0 Å². The lowest BCUT2D eigenvalue weighted by atomic mass is 10.0. The third-order valence-electron chi connectivity index (χ3n) is 5.22. The molecule has 0 amide bonds. The molecule has 5 nitrogen and oxygen atoms in total. The molecule has 1 aliphatic rings. The summed E-state index contributed by atoms with van der Waals surface area (Å²) in [6, 6.07) is 9.86. The van der Waals surface area contributed by atoms with E-state index < -0.39 is 0 Å². The van der Waals surface area contributed by atoms with Crippen molar-refractivity contribution in [3.63, 3.8) is 0 Å². The van der Waals surface area contributed by atoms with Gasteiger partial charge >= 0.3 is 0 Å². The number of rotatable bonds is 6. The number of likely N-dealkylation sites (tertiary alicyclic amines) is 1. The van der Waals surface area contributed by atoms with E-state index in [1.165, 1.54) is 4.88 Å². The first kappa shape index (κ1) is 18.4. The third-order valence-corrected chi connectivity index (χ3v) is 6.18. The molecule has 3 aromatic heterocycles. The molecular formula is C20H23BN4OS. The minimum absolute atomic E-state index is 0.0438. The van der Waals surface area contributed by atoms with Crippen molar-refractivity contribution in [3.05, 3.63) is 57.1 Å². The highest BCUT2D eigenvalue weighted by Crippen LogP contribution is 2.13. The summed E-state index contributed by atoms with van der Waals surface area (Å²) in [4.78, 5) is 20.4. The van der Waals surface area contributed by atoms with Gasteiger partial charge in [0, 0.05) is 42.8 Å². The summed E-state index contributed by atoms with van der Waals surface area (Å²) in [5, 5.41) is 5.63. The minimum Gasteiger partial charge on any atom is -0.309 e.